The molecule has 1 N–H and O–H groups in total. The molecule has 0 aromatic heterocycles. The molecular formula is C14H17NO3. The van der Waals surface area contributed by atoms with Crippen molar-refractivity contribution in [3.8, 4) is 11.8 Å². The molecule has 0 aliphatic rings. The number of methoxy groups -OCH3 is 1. The Bertz CT molecular complexity index is 463. The van der Waals surface area contributed by atoms with Crippen molar-refractivity contribution >= 4 is 5.97 Å². The van der Waals surface area contributed by atoms with Crippen molar-refractivity contribution in [3.63, 3.8) is 0 Å². The van der Waals surface area contributed by atoms with Gasteiger partial charge in [0, 0.05) is 6.42 Å². The Kier molecular flexibility index (Phi) is 5.19. The van der Waals surface area contributed by atoms with E-state index >= 15 is 0 Å². The quantitative estimate of drug-likeness (QED) is 0.839. The first-order valence-corrected chi connectivity index (χ1v) is 5.90. The number of aliphatic carboxylic acids is 1. The first-order chi connectivity index (χ1) is 8.62. The molecule has 0 spiro atoms. The molecule has 0 radical (unpaired) electrons. The second-order valence-corrected chi connectivity index (χ2v) is 4.04. The number of benzene rings is 1. The molecule has 1 aromatic carbocycles. The van der Waals surface area contributed by atoms with Gasteiger partial charge < -0.3 is 9.84 Å². The van der Waals surface area contributed by atoms with Gasteiger partial charge in [-0.05, 0) is 30.0 Å². The lowest BCUT2D eigenvalue weighted by Crippen LogP contribution is -2.02. The number of carboxylic acids is 1. The smallest absolute Gasteiger partial charge is 0.303 e. The monoisotopic (exact) mass is 247 g/mol. The Morgan fingerprint density at radius 2 is 2.28 bits per heavy atom. The van der Waals surface area contributed by atoms with Gasteiger partial charge in [0.1, 0.15) is 5.75 Å². The first-order valence-electron chi connectivity index (χ1n) is 5.90. The van der Waals surface area contributed by atoms with Crippen molar-refractivity contribution < 1.29 is 14.6 Å². The van der Waals surface area contributed by atoms with E-state index in [1.165, 1.54) is 0 Å². The standard InChI is InChI=1S/C14H17NO3/c1-3-10-8-11(4-6-13(10)18-2)12(9-15)5-7-14(16)17/h4,6,8,12H,3,5,7H2,1-2H3,(H,16,17). The minimum absolute atomic E-state index is 0.00567. The van der Waals surface area contributed by atoms with Crippen LogP contribution in [0.15, 0.2) is 18.2 Å². The molecule has 1 rings (SSSR count). The fourth-order valence-corrected chi connectivity index (χ4v) is 1.87. The zero-order valence-electron chi connectivity index (χ0n) is 10.6. The largest absolute Gasteiger partial charge is 0.496 e. The maximum absolute atomic E-state index is 10.5. The summed E-state index contributed by atoms with van der Waals surface area (Å²) in [6.07, 6.45) is 1.15. The molecule has 0 aliphatic heterocycles. The molecule has 0 heterocycles. The third-order valence-corrected chi connectivity index (χ3v) is 2.89. The Morgan fingerprint density at radius 3 is 2.78 bits per heavy atom. The molecule has 0 aliphatic carbocycles. The van der Waals surface area contributed by atoms with Crippen LogP contribution in [0.4, 0.5) is 0 Å². The molecule has 0 amide bonds. The molecule has 96 valence electrons. The Hall–Kier alpha value is -2.02. The van der Waals surface area contributed by atoms with E-state index in [0.717, 1.165) is 23.3 Å². The second-order valence-electron chi connectivity index (χ2n) is 4.04. The molecule has 1 aromatic rings. The zero-order chi connectivity index (χ0) is 13.5. The van der Waals surface area contributed by atoms with E-state index in [1.807, 2.05) is 25.1 Å². The Morgan fingerprint density at radius 1 is 1.56 bits per heavy atom. The molecule has 0 saturated heterocycles. The van der Waals surface area contributed by atoms with Crippen molar-refractivity contribution in [1.29, 1.82) is 5.26 Å². The molecule has 1 atom stereocenters. The molecule has 1 unspecified atom stereocenters. The van der Waals surface area contributed by atoms with Crippen molar-refractivity contribution in [2.75, 3.05) is 7.11 Å². The van der Waals surface area contributed by atoms with Crippen LogP contribution in [0.5, 0.6) is 5.75 Å². The predicted molar refractivity (Wildman–Crippen MR) is 67.6 cm³/mol. The number of aryl methyl sites for hydroxylation is 1. The minimum Gasteiger partial charge on any atom is -0.496 e. The minimum atomic E-state index is -0.875. The highest BCUT2D eigenvalue weighted by Gasteiger charge is 2.14. The fourth-order valence-electron chi connectivity index (χ4n) is 1.87. The summed E-state index contributed by atoms with van der Waals surface area (Å²) in [5.41, 5.74) is 1.89. The van der Waals surface area contributed by atoms with Gasteiger partial charge in [-0.3, -0.25) is 4.79 Å². The maximum Gasteiger partial charge on any atom is 0.303 e. The highest BCUT2D eigenvalue weighted by atomic mass is 16.5. The number of hydrogen-bond acceptors (Lipinski definition) is 3. The van der Waals surface area contributed by atoms with Gasteiger partial charge in [-0.15, -0.1) is 0 Å². The van der Waals surface area contributed by atoms with Crippen LogP contribution < -0.4 is 4.74 Å². The van der Waals surface area contributed by atoms with Crippen molar-refractivity contribution in [2.24, 2.45) is 0 Å². The van der Waals surface area contributed by atoms with Crippen LogP contribution in [0.25, 0.3) is 0 Å². The Balaban J connectivity index is 2.93. The average Bonchev–Trinajstić information content (AvgIpc) is 2.38. The van der Waals surface area contributed by atoms with Gasteiger partial charge >= 0.3 is 5.97 Å². The zero-order valence-corrected chi connectivity index (χ0v) is 10.6. The van der Waals surface area contributed by atoms with Crippen LogP contribution in [0.2, 0.25) is 0 Å². The molecular weight excluding hydrogens is 230 g/mol. The highest BCUT2D eigenvalue weighted by Crippen LogP contribution is 2.27. The Labute approximate surface area is 107 Å². The van der Waals surface area contributed by atoms with E-state index in [2.05, 4.69) is 6.07 Å². The normalized spacial score (nSPS) is 11.6. The maximum atomic E-state index is 10.5. The summed E-state index contributed by atoms with van der Waals surface area (Å²) in [5.74, 6) is -0.451. The number of carboxylic acid groups (broad SMARTS) is 1. The van der Waals surface area contributed by atoms with E-state index < -0.39 is 5.97 Å². The van der Waals surface area contributed by atoms with Gasteiger partial charge in [0.05, 0.1) is 19.1 Å². The van der Waals surface area contributed by atoms with Gasteiger partial charge in [0.2, 0.25) is 0 Å². The van der Waals surface area contributed by atoms with Crippen LogP contribution in [-0.4, -0.2) is 18.2 Å². The highest BCUT2D eigenvalue weighted by molar-refractivity contribution is 5.66. The predicted octanol–water partition coefficient (Wildman–Crippen LogP) is 2.73. The molecule has 0 saturated carbocycles. The van der Waals surface area contributed by atoms with Crippen LogP contribution >= 0.6 is 0 Å². The molecule has 0 fully saturated rings. The molecule has 4 heteroatoms. The number of hydrogen-bond donors (Lipinski definition) is 1. The number of nitriles is 1. The summed E-state index contributed by atoms with van der Waals surface area (Å²) in [5, 5.41) is 17.8. The number of nitrogens with zero attached hydrogens (tertiary/aromatic N) is 1. The number of carbonyl (C=O) groups is 1. The molecule has 18 heavy (non-hydrogen) atoms. The van der Waals surface area contributed by atoms with Gasteiger partial charge in [-0.1, -0.05) is 19.1 Å². The van der Waals surface area contributed by atoms with Crippen molar-refractivity contribution in [2.45, 2.75) is 32.1 Å². The summed E-state index contributed by atoms with van der Waals surface area (Å²) < 4.78 is 5.23. The van der Waals surface area contributed by atoms with E-state index in [0.29, 0.717) is 6.42 Å². The fraction of sp³-hybridized carbons (Fsp3) is 0.429. The van der Waals surface area contributed by atoms with Crippen LogP contribution in [-0.2, 0) is 11.2 Å². The van der Waals surface area contributed by atoms with Gasteiger partial charge in [0.15, 0.2) is 0 Å². The summed E-state index contributed by atoms with van der Waals surface area (Å²) in [6, 6.07) is 7.74. The average molecular weight is 247 g/mol. The van der Waals surface area contributed by atoms with Crippen molar-refractivity contribution in [1.82, 2.24) is 0 Å². The number of rotatable bonds is 6. The van der Waals surface area contributed by atoms with E-state index in [1.54, 1.807) is 7.11 Å². The summed E-state index contributed by atoms with van der Waals surface area (Å²) in [4.78, 5) is 10.5. The van der Waals surface area contributed by atoms with Crippen molar-refractivity contribution in [3.05, 3.63) is 29.3 Å². The summed E-state index contributed by atoms with van der Waals surface area (Å²) >= 11 is 0. The molecule has 4 nitrogen and oxygen atoms in total. The third-order valence-electron chi connectivity index (χ3n) is 2.89. The molecule has 0 bridgehead atoms. The van der Waals surface area contributed by atoms with Crippen LogP contribution in [0.3, 0.4) is 0 Å². The van der Waals surface area contributed by atoms with Gasteiger partial charge in [0.25, 0.3) is 0 Å². The topological polar surface area (TPSA) is 70.3 Å². The van der Waals surface area contributed by atoms with E-state index in [9.17, 15) is 4.79 Å². The van der Waals surface area contributed by atoms with E-state index in [4.69, 9.17) is 15.1 Å². The van der Waals surface area contributed by atoms with Crippen LogP contribution in [0.1, 0.15) is 36.8 Å². The summed E-state index contributed by atoms with van der Waals surface area (Å²) in [7, 11) is 1.61. The van der Waals surface area contributed by atoms with Gasteiger partial charge in [-0.25, -0.2) is 0 Å². The second kappa shape index (κ2) is 6.65. The first kappa shape index (κ1) is 14.0. The van der Waals surface area contributed by atoms with E-state index in [-0.39, 0.29) is 12.3 Å². The third kappa shape index (κ3) is 3.49. The number of ether oxygens (including phenoxy) is 1. The lowest BCUT2D eigenvalue weighted by atomic mass is 9.93. The van der Waals surface area contributed by atoms with Crippen LogP contribution in [0, 0.1) is 11.3 Å². The summed E-state index contributed by atoms with van der Waals surface area (Å²) in [6.45, 7) is 2.01. The van der Waals surface area contributed by atoms with Gasteiger partial charge in [-0.2, -0.15) is 5.26 Å². The lowest BCUT2D eigenvalue weighted by molar-refractivity contribution is -0.137. The SMILES string of the molecule is CCc1cc(C(C#N)CCC(=O)O)ccc1OC. The lowest BCUT2D eigenvalue weighted by Gasteiger charge is -2.12.